The van der Waals surface area contributed by atoms with Crippen LogP contribution in [0.3, 0.4) is 0 Å². The lowest BCUT2D eigenvalue weighted by Crippen LogP contribution is -2.32. The Labute approximate surface area is 195 Å². The third kappa shape index (κ3) is 6.89. The summed E-state index contributed by atoms with van der Waals surface area (Å²) in [6.07, 6.45) is -0.117. The lowest BCUT2D eigenvalue weighted by atomic mass is 10.0. The highest BCUT2D eigenvalue weighted by atomic mass is 35.5. The minimum atomic E-state index is -0.864. The monoisotopic (exact) mass is 474 g/mol. The van der Waals surface area contributed by atoms with Crippen molar-refractivity contribution in [2.75, 3.05) is 26.8 Å². The second kappa shape index (κ2) is 11.6. The van der Waals surface area contributed by atoms with Crippen LogP contribution in [0, 0.1) is 15.9 Å². The Kier molecular flexibility index (Phi) is 8.59. The first kappa shape index (κ1) is 24.4. The third-order valence-corrected chi connectivity index (χ3v) is 5.30. The van der Waals surface area contributed by atoms with E-state index in [0.29, 0.717) is 11.6 Å². The Hall–Kier alpha value is -3.20. The Balaban J connectivity index is 1.42. The number of nitrogens with one attached hydrogen (secondary N) is 1. The summed E-state index contributed by atoms with van der Waals surface area (Å²) in [6.45, 7) is 0.742. The lowest BCUT2D eigenvalue weighted by Gasteiger charge is -2.14. The number of nitro benzene ring substituents is 1. The first-order valence-corrected chi connectivity index (χ1v) is 10.6. The van der Waals surface area contributed by atoms with Crippen molar-refractivity contribution >= 4 is 17.3 Å². The van der Waals surface area contributed by atoms with E-state index in [1.165, 1.54) is 6.07 Å². The summed E-state index contributed by atoms with van der Waals surface area (Å²) in [5, 5.41) is 24.4. The Morgan fingerprint density at radius 1 is 1.15 bits per heavy atom. The summed E-state index contributed by atoms with van der Waals surface area (Å²) >= 11 is 6.31. The van der Waals surface area contributed by atoms with E-state index in [2.05, 4.69) is 5.32 Å². The molecule has 0 heterocycles. The minimum Gasteiger partial charge on any atom is -0.497 e. The van der Waals surface area contributed by atoms with E-state index in [-0.39, 0.29) is 24.6 Å². The molecule has 0 aliphatic carbocycles. The molecule has 0 aliphatic heterocycles. The van der Waals surface area contributed by atoms with E-state index < -0.39 is 16.8 Å². The van der Waals surface area contributed by atoms with Crippen molar-refractivity contribution in [1.29, 1.82) is 0 Å². The van der Waals surface area contributed by atoms with Crippen molar-refractivity contribution < 1.29 is 23.9 Å². The largest absolute Gasteiger partial charge is 0.497 e. The van der Waals surface area contributed by atoms with E-state index >= 15 is 0 Å². The van der Waals surface area contributed by atoms with Crippen LogP contribution in [0.2, 0.25) is 5.02 Å². The van der Waals surface area contributed by atoms with Crippen LogP contribution in [0.1, 0.15) is 5.56 Å². The Morgan fingerprint density at radius 3 is 2.58 bits per heavy atom. The van der Waals surface area contributed by atoms with E-state index in [4.69, 9.17) is 21.1 Å². The summed E-state index contributed by atoms with van der Waals surface area (Å²) in [4.78, 5) is 9.95. The number of rotatable bonds is 11. The average Bonchev–Trinajstić information content (AvgIpc) is 2.81. The summed E-state index contributed by atoms with van der Waals surface area (Å²) < 4.78 is 24.3. The smallest absolute Gasteiger partial charge is 0.272 e. The van der Waals surface area contributed by atoms with Gasteiger partial charge >= 0.3 is 0 Å². The highest BCUT2D eigenvalue weighted by Crippen LogP contribution is 2.31. The van der Waals surface area contributed by atoms with E-state index in [1.54, 1.807) is 13.2 Å². The van der Waals surface area contributed by atoms with Crippen LogP contribution in [-0.2, 0) is 6.42 Å². The zero-order valence-electron chi connectivity index (χ0n) is 18.0. The van der Waals surface area contributed by atoms with Crippen molar-refractivity contribution in [2.45, 2.75) is 12.5 Å². The van der Waals surface area contributed by atoms with Gasteiger partial charge in [0.2, 0.25) is 0 Å². The minimum absolute atomic E-state index is 0.141. The molecule has 0 spiro atoms. The van der Waals surface area contributed by atoms with Crippen molar-refractivity contribution in [2.24, 2.45) is 0 Å². The van der Waals surface area contributed by atoms with Gasteiger partial charge in [-0.3, -0.25) is 10.1 Å². The molecule has 174 valence electrons. The maximum absolute atomic E-state index is 13.8. The van der Waals surface area contributed by atoms with Gasteiger partial charge in [0.05, 0.1) is 18.1 Å². The SMILES string of the molecule is COc1ccc(Cl)c(-c2ccc(CCNCC(O)COc3ccc([N+](=O)[O-])cc3F)cc2)c1. The lowest BCUT2D eigenvalue weighted by molar-refractivity contribution is -0.385. The molecular weight excluding hydrogens is 451 g/mol. The molecule has 3 aromatic rings. The second-order valence-electron chi connectivity index (χ2n) is 7.33. The van der Waals surface area contributed by atoms with E-state index in [0.717, 1.165) is 41.0 Å². The summed E-state index contributed by atoms with van der Waals surface area (Å²) in [7, 11) is 1.61. The molecule has 0 saturated carbocycles. The van der Waals surface area contributed by atoms with Crippen molar-refractivity contribution in [3.63, 3.8) is 0 Å². The Morgan fingerprint density at radius 2 is 1.91 bits per heavy atom. The maximum atomic E-state index is 13.8. The van der Waals surface area contributed by atoms with E-state index in [9.17, 15) is 19.6 Å². The number of benzene rings is 3. The molecule has 1 atom stereocenters. The number of aliphatic hydroxyl groups excluding tert-OH is 1. The molecule has 0 fully saturated rings. The zero-order chi connectivity index (χ0) is 23.8. The fourth-order valence-electron chi connectivity index (χ4n) is 3.17. The second-order valence-corrected chi connectivity index (χ2v) is 7.74. The van der Waals surface area contributed by atoms with Gasteiger partial charge in [-0.1, -0.05) is 35.9 Å². The van der Waals surface area contributed by atoms with Gasteiger partial charge < -0.3 is 19.9 Å². The number of nitro groups is 1. The van der Waals surface area contributed by atoms with Gasteiger partial charge in [-0.2, -0.15) is 0 Å². The molecule has 3 rings (SSSR count). The van der Waals surface area contributed by atoms with Crippen molar-refractivity contribution in [3.8, 4) is 22.6 Å². The fraction of sp³-hybridized carbons (Fsp3) is 0.250. The predicted molar refractivity (Wildman–Crippen MR) is 125 cm³/mol. The van der Waals surface area contributed by atoms with Crippen molar-refractivity contribution in [1.82, 2.24) is 5.32 Å². The molecule has 9 heteroatoms. The number of ether oxygens (including phenoxy) is 2. The van der Waals surface area contributed by atoms with Gasteiger partial charge in [0.25, 0.3) is 5.69 Å². The van der Waals surface area contributed by atoms with Crippen LogP contribution in [-0.4, -0.2) is 42.9 Å². The molecule has 0 aromatic heterocycles. The standard InChI is InChI=1S/C24H24ClFN2O5/c1-32-20-7-8-22(25)21(13-20)17-4-2-16(3-5-17)10-11-27-14-19(29)15-33-24-9-6-18(28(30)31)12-23(24)26/h2-9,12-13,19,27,29H,10-11,14-15H2,1H3. The third-order valence-electron chi connectivity index (χ3n) is 4.97. The van der Waals surface area contributed by atoms with Crippen LogP contribution in [0.4, 0.5) is 10.1 Å². The van der Waals surface area contributed by atoms with Gasteiger partial charge in [0, 0.05) is 23.2 Å². The number of hydrogen-bond donors (Lipinski definition) is 2. The van der Waals surface area contributed by atoms with Crippen LogP contribution in [0.25, 0.3) is 11.1 Å². The Bertz CT molecular complexity index is 1090. The average molecular weight is 475 g/mol. The quantitative estimate of drug-likeness (QED) is 0.239. The topological polar surface area (TPSA) is 93.9 Å². The van der Waals surface area contributed by atoms with Crippen LogP contribution < -0.4 is 14.8 Å². The molecule has 1 unspecified atom stereocenters. The van der Waals surface area contributed by atoms with Gasteiger partial charge in [-0.05, 0) is 48.4 Å². The molecular formula is C24H24ClFN2O5. The summed E-state index contributed by atoms with van der Waals surface area (Å²) in [5.74, 6) is -0.250. The molecule has 7 nitrogen and oxygen atoms in total. The number of non-ortho nitro benzene ring substituents is 1. The first-order chi connectivity index (χ1) is 15.9. The first-order valence-electron chi connectivity index (χ1n) is 10.3. The summed E-state index contributed by atoms with van der Waals surface area (Å²) in [6, 6.07) is 16.7. The molecule has 33 heavy (non-hydrogen) atoms. The number of hydrogen-bond acceptors (Lipinski definition) is 6. The highest BCUT2D eigenvalue weighted by Gasteiger charge is 2.13. The van der Waals surface area contributed by atoms with Crippen LogP contribution in [0.15, 0.2) is 60.7 Å². The maximum Gasteiger partial charge on any atom is 0.272 e. The summed E-state index contributed by atoms with van der Waals surface area (Å²) in [5.41, 5.74) is 2.64. The number of nitrogens with zero attached hydrogens (tertiary/aromatic N) is 1. The zero-order valence-corrected chi connectivity index (χ0v) is 18.7. The predicted octanol–water partition coefficient (Wildman–Crippen LogP) is 4.63. The fourth-order valence-corrected chi connectivity index (χ4v) is 3.40. The normalized spacial score (nSPS) is 11.8. The van der Waals surface area contributed by atoms with Crippen LogP contribution in [0.5, 0.6) is 11.5 Å². The molecule has 0 radical (unpaired) electrons. The number of halogens is 2. The highest BCUT2D eigenvalue weighted by molar-refractivity contribution is 6.33. The van der Waals surface area contributed by atoms with Gasteiger partial charge in [0.1, 0.15) is 18.5 Å². The molecule has 2 N–H and O–H groups in total. The van der Waals surface area contributed by atoms with Crippen molar-refractivity contribution in [3.05, 3.63) is 87.2 Å². The van der Waals surface area contributed by atoms with Crippen LogP contribution >= 0.6 is 11.6 Å². The molecule has 0 amide bonds. The molecule has 0 bridgehead atoms. The number of methoxy groups -OCH3 is 1. The number of aliphatic hydroxyl groups is 1. The molecule has 3 aromatic carbocycles. The van der Waals surface area contributed by atoms with Gasteiger partial charge in [0.15, 0.2) is 11.6 Å². The molecule has 0 aliphatic rings. The van der Waals surface area contributed by atoms with Gasteiger partial charge in [-0.15, -0.1) is 0 Å². The van der Waals surface area contributed by atoms with E-state index in [1.807, 2.05) is 36.4 Å². The van der Waals surface area contributed by atoms with Gasteiger partial charge in [-0.25, -0.2) is 4.39 Å². The molecule has 0 saturated heterocycles.